The molecule has 1 heterocycles. The molecule has 0 bridgehead atoms. The van der Waals surface area contributed by atoms with Crippen molar-refractivity contribution in [3.8, 4) is 0 Å². The van der Waals surface area contributed by atoms with Crippen molar-refractivity contribution in [1.82, 2.24) is 4.72 Å². The number of nitrogen functional groups attached to an aromatic ring is 1. The Kier molecular flexibility index (Phi) is 5.27. The maximum absolute atomic E-state index is 12.2. The van der Waals surface area contributed by atoms with Crippen LogP contribution < -0.4 is 10.5 Å². The summed E-state index contributed by atoms with van der Waals surface area (Å²) in [5.74, 6) is 0. The van der Waals surface area contributed by atoms with Gasteiger partial charge in [0.2, 0.25) is 10.0 Å². The van der Waals surface area contributed by atoms with Crippen molar-refractivity contribution in [3.05, 3.63) is 21.6 Å². The molecule has 0 spiro atoms. The van der Waals surface area contributed by atoms with Crippen LogP contribution in [-0.2, 0) is 19.5 Å². The van der Waals surface area contributed by atoms with Gasteiger partial charge in [-0.15, -0.1) is 0 Å². The Labute approximate surface area is 130 Å². The number of hydrogen-bond donors (Lipinski definition) is 2. The van der Waals surface area contributed by atoms with Gasteiger partial charge in [-0.25, -0.2) is 13.1 Å². The Balaban J connectivity index is 2.14. The molecule has 1 unspecified atom stereocenters. The molecule has 0 amide bonds. The van der Waals surface area contributed by atoms with Gasteiger partial charge in [0.1, 0.15) is 0 Å². The molecule has 1 aromatic rings. The lowest BCUT2D eigenvalue weighted by Gasteiger charge is -2.23. The molecule has 2 rings (SSSR count). The summed E-state index contributed by atoms with van der Waals surface area (Å²) in [7, 11) is -3.73. The molecule has 9 heteroatoms. The minimum Gasteiger partial charge on any atom is -0.398 e. The van der Waals surface area contributed by atoms with Crippen molar-refractivity contribution in [1.29, 1.82) is 0 Å². The van der Waals surface area contributed by atoms with Crippen molar-refractivity contribution in [2.24, 2.45) is 0 Å². The summed E-state index contributed by atoms with van der Waals surface area (Å²) in [6, 6.07) is 2.81. The van der Waals surface area contributed by atoms with Crippen molar-refractivity contribution >= 4 is 43.2 Å². The fraction of sp³-hybridized carbons (Fsp3) is 0.455. The lowest BCUT2D eigenvalue weighted by atomic mass is 10.3. The van der Waals surface area contributed by atoms with Crippen molar-refractivity contribution in [2.75, 3.05) is 32.1 Å². The zero-order valence-corrected chi connectivity index (χ0v) is 13.6. The highest BCUT2D eigenvalue weighted by atomic mass is 79.9. The van der Waals surface area contributed by atoms with Gasteiger partial charge in [-0.2, -0.15) is 0 Å². The summed E-state index contributed by atoms with van der Waals surface area (Å²) < 4.78 is 37.8. The number of nitrogens with one attached hydrogen (secondary N) is 1. The van der Waals surface area contributed by atoms with E-state index in [9.17, 15) is 8.42 Å². The number of sulfonamides is 1. The summed E-state index contributed by atoms with van der Waals surface area (Å²) in [6.45, 7) is 1.47. The molecule has 0 aliphatic carbocycles. The van der Waals surface area contributed by atoms with E-state index in [0.29, 0.717) is 19.8 Å². The second kappa shape index (κ2) is 6.59. The minimum atomic E-state index is -3.73. The minimum absolute atomic E-state index is 0.000715. The van der Waals surface area contributed by atoms with Crippen LogP contribution in [0.3, 0.4) is 0 Å². The Morgan fingerprint density at radius 2 is 2.20 bits per heavy atom. The monoisotopic (exact) mass is 384 g/mol. The standard InChI is InChI=1S/C11H14BrClN2O4S/c12-11-9(14)3-7(13)4-10(11)20(16,17)15-5-8-6-18-1-2-19-8/h3-4,8,15H,1-2,5-6,14H2. The van der Waals surface area contributed by atoms with Crippen LogP contribution in [0.4, 0.5) is 5.69 Å². The highest BCUT2D eigenvalue weighted by Crippen LogP contribution is 2.31. The second-order valence-electron chi connectivity index (χ2n) is 4.23. The highest BCUT2D eigenvalue weighted by molar-refractivity contribution is 9.10. The van der Waals surface area contributed by atoms with E-state index in [0.717, 1.165) is 0 Å². The summed E-state index contributed by atoms with van der Waals surface area (Å²) in [6.07, 6.45) is -0.297. The Morgan fingerprint density at radius 1 is 1.45 bits per heavy atom. The van der Waals surface area contributed by atoms with Crippen LogP contribution in [0.15, 0.2) is 21.5 Å². The third-order valence-corrected chi connectivity index (χ3v) is 5.52. The fourth-order valence-electron chi connectivity index (χ4n) is 1.71. The summed E-state index contributed by atoms with van der Waals surface area (Å²) >= 11 is 9.00. The summed E-state index contributed by atoms with van der Waals surface area (Å²) in [5, 5.41) is 0.253. The molecule has 0 aromatic heterocycles. The van der Waals surface area contributed by atoms with Gasteiger partial charge in [-0.3, -0.25) is 0 Å². The molecule has 20 heavy (non-hydrogen) atoms. The molecule has 6 nitrogen and oxygen atoms in total. The average molecular weight is 386 g/mol. The Bertz CT molecular complexity index is 590. The molecule has 1 atom stereocenters. The molecule has 0 saturated carbocycles. The molecule has 1 aliphatic heterocycles. The number of ether oxygens (including phenoxy) is 2. The lowest BCUT2D eigenvalue weighted by molar-refractivity contribution is -0.0846. The van der Waals surface area contributed by atoms with E-state index in [2.05, 4.69) is 20.7 Å². The molecular weight excluding hydrogens is 372 g/mol. The predicted octanol–water partition coefficient (Wildman–Crippen LogP) is 1.38. The van der Waals surface area contributed by atoms with Gasteiger partial charge in [-0.05, 0) is 28.1 Å². The van der Waals surface area contributed by atoms with E-state index in [4.69, 9.17) is 26.8 Å². The van der Waals surface area contributed by atoms with Crippen molar-refractivity contribution < 1.29 is 17.9 Å². The molecule has 112 valence electrons. The van der Waals surface area contributed by atoms with E-state index in [1.807, 2.05) is 0 Å². The number of rotatable bonds is 4. The molecule has 1 saturated heterocycles. The molecule has 1 aliphatic rings. The SMILES string of the molecule is Nc1cc(Cl)cc(S(=O)(=O)NCC2COCCO2)c1Br. The lowest BCUT2D eigenvalue weighted by Crippen LogP contribution is -2.39. The normalized spacial score (nSPS) is 20.0. The maximum Gasteiger partial charge on any atom is 0.241 e. The summed E-state index contributed by atoms with van der Waals surface area (Å²) in [5.41, 5.74) is 5.95. The topological polar surface area (TPSA) is 90.7 Å². The fourth-order valence-corrected chi connectivity index (χ4v) is 4.07. The smallest absolute Gasteiger partial charge is 0.241 e. The zero-order chi connectivity index (χ0) is 14.8. The molecule has 1 aromatic carbocycles. The van der Waals surface area contributed by atoms with E-state index in [1.54, 1.807) is 0 Å². The first-order chi connectivity index (χ1) is 9.40. The predicted molar refractivity (Wildman–Crippen MR) is 79.3 cm³/mol. The van der Waals surface area contributed by atoms with E-state index in [1.165, 1.54) is 12.1 Å². The van der Waals surface area contributed by atoms with Gasteiger partial charge in [0.15, 0.2) is 0 Å². The Morgan fingerprint density at radius 3 is 2.85 bits per heavy atom. The van der Waals surface area contributed by atoms with Crippen molar-refractivity contribution in [3.63, 3.8) is 0 Å². The number of halogens is 2. The van der Waals surface area contributed by atoms with Gasteiger partial charge in [0, 0.05) is 17.3 Å². The second-order valence-corrected chi connectivity index (χ2v) is 7.19. The largest absolute Gasteiger partial charge is 0.398 e. The van der Waals surface area contributed by atoms with Crippen LogP contribution in [0.2, 0.25) is 5.02 Å². The van der Waals surface area contributed by atoms with Gasteiger partial charge >= 0.3 is 0 Å². The van der Waals surface area contributed by atoms with Gasteiger partial charge in [-0.1, -0.05) is 11.6 Å². The van der Waals surface area contributed by atoms with Crippen LogP contribution in [0.5, 0.6) is 0 Å². The van der Waals surface area contributed by atoms with Gasteiger partial charge in [0.25, 0.3) is 0 Å². The molecule has 3 N–H and O–H groups in total. The van der Waals surface area contributed by atoms with E-state index >= 15 is 0 Å². The Hall–Kier alpha value is -0.380. The molecule has 0 radical (unpaired) electrons. The van der Waals surface area contributed by atoms with Crippen molar-refractivity contribution in [2.45, 2.75) is 11.0 Å². The van der Waals surface area contributed by atoms with Crippen LogP contribution >= 0.6 is 27.5 Å². The van der Waals surface area contributed by atoms with Gasteiger partial charge < -0.3 is 15.2 Å². The number of nitrogens with two attached hydrogens (primary N) is 1. The van der Waals surface area contributed by atoms with Crippen LogP contribution in [0.25, 0.3) is 0 Å². The first-order valence-corrected chi connectivity index (χ1v) is 8.49. The van der Waals surface area contributed by atoms with E-state index < -0.39 is 10.0 Å². The summed E-state index contributed by atoms with van der Waals surface area (Å²) in [4.78, 5) is -0.000715. The third kappa shape index (κ3) is 3.84. The third-order valence-electron chi connectivity index (χ3n) is 2.71. The number of benzene rings is 1. The first kappa shape index (κ1) is 16.0. The molecule has 1 fully saturated rings. The highest BCUT2D eigenvalue weighted by Gasteiger charge is 2.23. The van der Waals surface area contributed by atoms with Crippen LogP contribution in [0.1, 0.15) is 0 Å². The zero-order valence-electron chi connectivity index (χ0n) is 10.4. The molecular formula is C11H14BrClN2O4S. The maximum atomic E-state index is 12.2. The van der Waals surface area contributed by atoms with Gasteiger partial charge in [0.05, 0.1) is 35.3 Å². The van der Waals surface area contributed by atoms with Crippen LogP contribution in [0, 0.1) is 0 Å². The number of anilines is 1. The van der Waals surface area contributed by atoms with Crippen LogP contribution in [-0.4, -0.2) is 40.9 Å². The average Bonchev–Trinajstić information content (AvgIpc) is 2.42. The number of hydrogen-bond acceptors (Lipinski definition) is 5. The first-order valence-electron chi connectivity index (χ1n) is 5.83. The van der Waals surface area contributed by atoms with E-state index in [-0.39, 0.29) is 32.7 Å². The quantitative estimate of drug-likeness (QED) is 0.764.